The maximum absolute atomic E-state index is 11.8. The highest BCUT2D eigenvalue weighted by Gasteiger charge is 2.51. The van der Waals surface area contributed by atoms with Crippen molar-refractivity contribution in [2.24, 2.45) is 5.11 Å². The first-order valence-electron chi connectivity index (χ1n) is 10.6. The van der Waals surface area contributed by atoms with E-state index in [2.05, 4.69) is 10.0 Å². The maximum atomic E-state index is 11.8. The van der Waals surface area contributed by atoms with Gasteiger partial charge in [0, 0.05) is 52.2 Å². The molecule has 1 heterocycles. The molecule has 14 heteroatoms. The number of esters is 4. The van der Waals surface area contributed by atoms with Crippen LogP contribution in [0.15, 0.2) is 5.11 Å². The Morgan fingerprint density at radius 3 is 1.82 bits per heavy atom. The van der Waals surface area contributed by atoms with Crippen molar-refractivity contribution < 1.29 is 52.3 Å². The van der Waals surface area contributed by atoms with E-state index in [4.69, 9.17) is 38.7 Å². The van der Waals surface area contributed by atoms with E-state index in [0.29, 0.717) is 0 Å². The highest BCUT2D eigenvalue weighted by molar-refractivity contribution is 5.68. The van der Waals surface area contributed by atoms with Crippen molar-refractivity contribution in [1.29, 1.82) is 0 Å². The van der Waals surface area contributed by atoms with Gasteiger partial charge in [0.05, 0.1) is 19.8 Å². The SMILES string of the molecule is CC(=O)OC[C@H]1O[C@@H](CCOCCOCCN=[N+]=[N-])[C@H](OC(C)=O)[C@@H](OC(C)=O)[C@H]1OC(C)=O. The Hall–Kier alpha value is -2.93. The monoisotopic (exact) mass is 489 g/mol. The average molecular weight is 489 g/mol. The molecule has 0 spiro atoms. The third kappa shape index (κ3) is 11.3. The summed E-state index contributed by atoms with van der Waals surface area (Å²) in [5.41, 5.74) is 8.20. The maximum Gasteiger partial charge on any atom is 0.303 e. The zero-order valence-corrected chi connectivity index (χ0v) is 19.7. The molecule has 0 bridgehead atoms. The van der Waals surface area contributed by atoms with Gasteiger partial charge in [-0.1, -0.05) is 5.11 Å². The van der Waals surface area contributed by atoms with Gasteiger partial charge in [0.25, 0.3) is 0 Å². The van der Waals surface area contributed by atoms with E-state index >= 15 is 0 Å². The number of ether oxygens (including phenoxy) is 7. The fourth-order valence-corrected chi connectivity index (χ4v) is 3.22. The van der Waals surface area contributed by atoms with Gasteiger partial charge in [0.2, 0.25) is 0 Å². The predicted octanol–water partition coefficient (Wildman–Crippen LogP) is 0.846. The van der Waals surface area contributed by atoms with Gasteiger partial charge >= 0.3 is 23.9 Å². The number of nitrogens with zero attached hydrogens (tertiary/aromatic N) is 3. The number of azide groups is 1. The lowest BCUT2D eigenvalue weighted by Gasteiger charge is -2.44. The van der Waals surface area contributed by atoms with Crippen LogP contribution in [0.25, 0.3) is 10.4 Å². The molecule has 0 amide bonds. The molecule has 0 saturated carbocycles. The largest absolute Gasteiger partial charge is 0.463 e. The topological polar surface area (TPSA) is 182 Å². The Morgan fingerprint density at radius 2 is 1.29 bits per heavy atom. The fraction of sp³-hybridized carbons (Fsp3) is 0.800. The van der Waals surface area contributed by atoms with Crippen molar-refractivity contribution in [2.45, 2.75) is 64.6 Å². The summed E-state index contributed by atoms with van der Waals surface area (Å²) < 4.78 is 37.8. The molecule has 0 unspecified atom stereocenters. The zero-order valence-electron chi connectivity index (χ0n) is 19.7. The minimum absolute atomic E-state index is 0.160. The van der Waals surface area contributed by atoms with E-state index in [-0.39, 0.29) is 46.0 Å². The Balaban J connectivity index is 2.91. The molecular weight excluding hydrogens is 458 g/mol. The van der Waals surface area contributed by atoms with Crippen molar-refractivity contribution in [1.82, 2.24) is 0 Å². The minimum Gasteiger partial charge on any atom is -0.463 e. The molecule has 1 saturated heterocycles. The summed E-state index contributed by atoms with van der Waals surface area (Å²) in [6.07, 6.45) is -5.11. The molecule has 0 aromatic carbocycles. The molecule has 1 aliphatic rings. The van der Waals surface area contributed by atoms with Gasteiger partial charge in [-0.05, 0) is 5.53 Å². The van der Waals surface area contributed by atoms with Crippen molar-refractivity contribution in [3.63, 3.8) is 0 Å². The number of carbonyl (C=O) groups is 4. The van der Waals surface area contributed by atoms with E-state index in [0.717, 1.165) is 13.8 Å². The molecule has 1 aliphatic heterocycles. The molecule has 34 heavy (non-hydrogen) atoms. The summed E-state index contributed by atoms with van der Waals surface area (Å²) in [4.78, 5) is 49.2. The molecule has 0 aliphatic carbocycles. The van der Waals surface area contributed by atoms with E-state index in [1.165, 1.54) is 13.8 Å². The Kier molecular flexibility index (Phi) is 13.5. The normalized spacial score (nSPS) is 23.8. The van der Waals surface area contributed by atoms with Crippen molar-refractivity contribution in [3.05, 3.63) is 10.4 Å². The predicted molar refractivity (Wildman–Crippen MR) is 112 cm³/mol. The molecule has 0 radical (unpaired) electrons. The van der Waals surface area contributed by atoms with E-state index in [1.807, 2.05) is 0 Å². The number of hydrogen-bond donors (Lipinski definition) is 0. The summed E-state index contributed by atoms with van der Waals surface area (Å²) in [6.45, 7) is 5.54. The molecule has 192 valence electrons. The lowest BCUT2D eigenvalue weighted by Crippen LogP contribution is -2.62. The average Bonchev–Trinajstić information content (AvgIpc) is 2.74. The van der Waals surface area contributed by atoms with Crippen LogP contribution in [0.4, 0.5) is 0 Å². The van der Waals surface area contributed by atoms with E-state index < -0.39 is 54.4 Å². The first-order chi connectivity index (χ1) is 16.1. The summed E-state index contributed by atoms with van der Waals surface area (Å²) in [7, 11) is 0. The third-order valence-corrected chi connectivity index (χ3v) is 4.40. The van der Waals surface area contributed by atoms with Crippen molar-refractivity contribution in [3.8, 4) is 0 Å². The van der Waals surface area contributed by atoms with E-state index in [1.54, 1.807) is 0 Å². The number of carbonyl (C=O) groups excluding carboxylic acids is 4. The van der Waals surface area contributed by atoms with Crippen molar-refractivity contribution in [2.75, 3.05) is 39.6 Å². The Labute approximate surface area is 196 Å². The third-order valence-electron chi connectivity index (χ3n) is 4.40. The molecule has 0 N–H and O–H groups in total. The smallest absolute Gasteiger partial charge is 0.303 e. The highest BCUT2D eigenvalue weighted by atomic mass is 16.7. The van der Waals surface area contributed by atoms with Crippen LogP contribution in [-0.4, -0.2) is 94.0 Å². The standard InChI is InChI=1S/C20H31N3O11/c1-12(24)30-11-17-19(32-14(3)26)20(33-15(4)27)18(31-13(2)25)16(34-17)5-7-28-9-10-29-8-6-22-23-21/h16-20H,5-11H2,1-4H3/t16-,17+,18-,19-,20+/m0/s1. The molecule has 1 rings (SSSR count). The second-order valence-corrected chi connectivity index (χ2v) is 7.21. The molecule has 0 aromatic heterocycles. The van der Waals surface area contributed by atoms with Gasteiger partial charge in [-0.2, -0.15) is 0 Å². The van der Waals surface area contributed by atoms with Gasteiger partial charge in [0.15, 0.2) is 18.3 Å². The van der Waals surface area contributed by atoms with Crippen LogP contribution in [0.2, 0.25) is 0 Å². The summed E-state index contributed by atoms with van der Waals surface area (Å²) in [5.74, 6) is -2.63. The van der Waals surface area contributed by atoms with Crippen LogP contribution >= 0.6 is 0 Å². The zero-order chi connectivity index (χ0) is 25.5. The van der Waals surface area contributed by atoms with Gasteiger partial charge in [-0.25, -0.2) is 0 Å². The van der Waals surface area contributed by atoms with Crippen LogP contribution in [0.5, 0.6) is 0 Å². The quantitative estimate of drug-likeness (QED) is 0.0842. The van der Waals surface area contributed by atoms with E-state index in [9.17, 15) is 19.2 Å². The molecule has 1 fully saturated rings. The van der Waals surface area contributed by atoms with Gasteiger partial charge in [0.1, 0.15) is 18.8 Å². The summed E-state index contributed by atoms with van der Waals surface area (Å²) >= 11 is 0. The minimum atomic E-state index is -1.20. The highest BCUT2D eigenvalue weighted by Crippen LogP contribution is 2.30. The van der Waals surface area contributed by atoms with Gasteiger partial charge in [-0.15, -0.1) is 0 Å². The van der Waals surface area contributed by atoms with Crippen LogP contribution in [0, 0.1) is 0 Å². The molecule has 5 atom stereocenters. The lowest BCUT2D eigenvalue weighted by molar-refractivity contribution is -0.254. The Morgan fingerprint density at radius 1 is 0.765 bits per heavy atom. The first kappa shape index (κ1) is 29.1. The fourth-order valence-electron chi connectivity index (χ4n) is 3.22. The van der Waals surface area contributed by atoms with Crippen LogP contribution in [-0.2, 0) is 52.3 Å². The summed E-state index contributed by atoms with van der Waals surface area (Å²) in [5, 5.41) is 3.34. The van der Waals surface area contributed by atoms with Crippen LogP contribution < -0.4 is 0 Å². The lowest BCUT2D eigenvalue weighted by atomic mass is 9.92. The first-order valence-corrected chi connectivity index (χ1v) is 10.6. The second-order valence-electron chi connectivity index (χ2n) is 7.21. The Bertz CT molecular complexity index is 741. The van der Waals surface area contributed by atoms with Crippen LogP contribution in [0.1, 0.15) is 34.1 Å². The van der Waals surface area contributed by atoms with Crippen LogP contribution in [0.3, 0.4) is 0 Å². The molecular formula is C20H31N3O11. The number of hydrogen-bond acceptors (Lipinski definition) is 12. The van der Waals surface area contributed by atoms with Crippen molar-refractivity contribution >= 4 is 23.9 Å². The van der Waals surface area contributed by atoms with Gasteiger partial charge in [-0.3, -0.25) is 19.2 Å². The molecule has 0 aromatic rings. The number of rotatable bonds is 14. The molecule has 14 nitrogen and oxygen atoms in total. The van der Waals surface area contributed by atoms with Gasteiger partial charge < -0.3 is 33.2 Å². The summed E-state index contributed by atoms with van der Waals surface area (Å²) in [6, 6.07) is 0. The second kappa shape index (κ2) is 15.8.